The van der Waals surface area contributed by atoms with Gasteiger partial charge in [0, 0.05) is 21.5 Å². The van der Waals surface area contributed by atoms with E-state index in [2.05, 4.69) is 20.9 Å². The molecule has 0 unspecified atom stereocenters. The first-order chi connectivity index (χ1) is 16.8. The number of aliphatic hydroxyl groups is 1. The number of hydrogen-bond acceptors (Lipinski definition) is 7. The number of methoxy groups -OCH3 is 1. The highest BCUT2D eigenvalue weighted by Gasteiger charge is 2.33. The number of thioether (sulfide) groups is 1. The van der Waals surface area contributed by atoms with Crippen molar-refractivity contribution < 1.29 is 28.9 Å². The molecule has 10 heteroatoms. The molecular weight excluding hydrogens is 558 g/mol. The van der Waals surface area contributed by atoms with Gasteiger partial charge in [-0.1, -0.05) is 64.4 Å². The van der Waals surface area contributed by atoms with E-state index in [0.717, 1.165) is 17.3 Å². The number of halogens is 2. The predicted molar refractivity (Wildman–Crippen MR) is 141 cm³/mol. The van der Waals surface area contributed by atoms with Crippen LogP contribution >= 0.6 is 39.3 Å². The largest absolute Gasteiger partial charge is 0.506 e. The highest BCUT2D eigenvalue weighted by molar-refractivity contribution is 9.10. The van der Waals surface area contributed by atoms with E-state index in [1.54, 1.807) is 38.1 Å². The van der Waals surface area contributed by atoms with Crippen molar-refractivity contribution in [2.45, 2.75) is 26.9 Å². The third-order valence-corrected chi connectivity index (χ3v) is 6.88. The lowest BCUT2D eigenvalue weighted by atomic mass is 10.1. The average molecular weight is 581 g/mol. The molecule has 184 valence electrons. The summed E-state index contributed by atoms with van der Waals surface area (Å²) in [5, 5.41) is 11.5. The van der Waals surface area contributed by atoms with E-state index in [9.17, 15) is 14.7 Å². The Morgan fingerprint density at radius 1 is 1.20 bits per heavy atom. The Balaban J connectivity index is 1.95. The number of esters is 1. The number of ether oxygens (including phenoxy) is 3. The fourth-order valence-electron chi connectivity index (χ4n) is 3.03. The minimum absolute atomic E-state index is 0.0989. The van der Waals surface area contributed by atoms with Crippen molar-refractivity contribution >= 4 is 62.3 Å². The van der Waals surface area contributed by atoms with E-state index in [1.165, 1.54) is 7.11 Å². The Morgan fingerprint density at radius 3 is 2.60 bits per heavy atom. The molecule has 0 radical (unpaired) electrons. The van der Waals surface area contributed by atoms with E-state index in [4.69, 9.17) is 25.8 Å². The molecule has 0 saturated carbocycles. The van der Waals surface area contributed by atoms with Crippen LogP contribution in [0.15, 0.2) is 62.1 Å². The number of nitrogens with zero attached hydrogens (tertiary/aromatic N) is 1. The maximum absolute atomic E-state index is 12.4. The molecule has 2 aromatic rings. The Bertz CT molecular complexity index is 1240. The molecule has 35 heavy (non-hydrogen) atoms. The van der Waals surface area contributed by atoms with E-state index in [1.807, 2.05) is 18.2 Å². The van der Waals surface area contributed by atoms with E-state index >= 15 is 0 Å². The molecule has 7 nitrogen and oxygen atoms in total. The first-order valence-corrected chi connectivity index (χ1v) is 12.6. The smallest absolute Gasteiger partial charge is 0.344 e. The summed E-state index contributed by atoms with van der Waals surface area (Å²) in [6, 6.07) is 10.9. The van der Waals surface area contributed by atoms with Crippen LogP contribution < -0.4 is 9.47 Å². The summed E-state index contributed by atoms with van der Waals surface area (Å²) in [5.74, 6) is -0.515. The third kappa shape index (κ3) is 6.48. The zero-order valence-corrected chi connectivity index (χ0v) is 22.4. The number of rotatable bonds is 8. The maximum atomic E-state index is 12.4. The molecule has 2 aromatic carbocycles. The molecule has 0 atom stereocenters. The molecule has 3 rings (SSSR count). The van der Waals surface area contributed by atoms with Crippen molar-refractivity contribution in [1.29, 1.82) is 0 Å². The van der Waals surface area contributed by atoms with Gasteiger partial charge in [0.15, 0.2) is 11.5 Å². The van der Waals surface area contributed by atoms with Crippen LogP contribution in [-0.2, 0) is 20.9 Å². The lowest BCUT2D eigenvalue weighted by Crippen LogP contribution is -2.14. The van der Waals surface area contributed by atoms with Crippen LogP contribution in [0.2, 0.25) is 5.02 Å². The van der Waals surface area contributed by atoms with Gasteiger partial charge in [-0.05, 0) is 36.8 Å². The molecular formula is C25H23BrClNO6S. The zero-order chi connectivity index (χ0) is 25.5. The van der Waals surface area contributed by atoms with E-state index in [0.29, 0.717) is 31.5 Å². The quantitative estimate of drug-likeness (QED) is 0.357. The topological polar surface area (TPSA) is 94.4 Å². The first kappa shape index (κ1) is 26.8. The number of carbonyl (C=O) groups is 2. The number of aliphatic imine (C=N–C) groups is 1. The van der Waals surface area contributed by atoms with Crippen LogP contribution in [0.4, 0.5) is 0 Å². The lowest BCUT2D eigenvalue weighted by Gasteiger charge is -2.14. The van der Waals surface area contributed by atoms with Crippen LogP contribution in [0.25, 0.3) is 6.08 Å². The maximum Gasteiger partial charge on any atom is 0.344 e. The second kappa shape index (κ2) is 12.3. The Labute approximate surface area is 220 Å². The second-order valence-electron chi connectivity index (χ2n) is 7.12. The van der Waals surface area contributed by atoms with Gasteiger partial charge in [-0.3, -0.25) is 4.79 Å². The van der Waals surface area contributed by atoms with Gasteiger partial charge in [0.2, 0.25) is 5.91 Å². The second-order valence-corrected chi connectivity index (χ2v) is 9.42. The number of amides is 1. The fraction of sp³-hybridized carbons (Fsp3) is 0.240. The van der Waals surface area contributed by atoms with Crippen molar-refractivity contribution in [3.05, 3.63) is 73.3 Å². The lowest BCUT2D eigenvalue weighted by molar-refractivity contribution is -0.138. The average Bonchev–Trinajstić information content (AvgIpc) is 3.14. The number of benzene rings is 2. The zero-order valence-electron chi connectivity index (χ0n) is 19.3. The van der Waals surface area contributed by atoms with Crippen LogP contribution in [0, 0.1) is 0 Å². The predicted octanol–water partition coefficient (Wildman–Crippen LogP) is 6.49. The Hall–Kier alpha value is -2.75. The van der Waals surface area contributed by atoms with Crippen LogP contribution in [-0.4, -0.2) is 35.7 Å². The van der Waals surface area contributed by atoms with Crippen molar-refractivity contribution in [3.8, 4) is 11.5 Å². The summed E-state index contributed by atoms with van der Waals surface area (Å²) < 4.78 is 17.1. The van der Waals surface area contributed by atoms with Gasteiger partial charge in [-0.15, -0.1) is 0 Å². The fourth-order valence-corrected chi connectivity index (χ4v) is 4.68. The van der Waals surface area contributed by atoms with Gasteiger partial charge >= 0.3 is 5.97 Å². The monoisotopic (exact) mass is 579 g/mol. The molecule has 0 bridgehead atoms. The van der Waals surface area contributed by atoms with Crippen LogP contribution in [0.3, 0.4) is 0 Å². The van der Waals surface area contributed by atoms with Gasteiger partial charge in [-0.25, -0.2) is 9.79 Å². The molecule has 1 aliphatic rings. The number of carbonyl (C=O) groups excluding carboxylic acids is 2. The standard InChI is InChI=1S/C25H23BrClNO6S/c1-4-21(29)28-24-22(25(31)33-5-2)23(30)20(35-24)11-15-10-18(32-3)19(12-16(15)26)34-13-14-8-6-7-9-17(14)27/h6-12,30H,4-5,13H2,1-3H3/b20-11-,28-24?. The van der Waals surface area contributed by atoms with Gasteiger partial charge in [-0.2, -0.15) is 0 Å². The number of hydrogen-bond donors (Lipinski definition) is 1. The first-order valence-electron chi connectivity index (χ1n) is 10.6. The van der Waals surface area contributed by atoms with Gasteiger partial charge in [0.25, 0.3) is 0 Å². The molecule has 1 aliphatic heterocycles. The van der Waals surface area contributed by atoms with E-state index in [-0.39, 0.29) is 36.0 Å². The molecule has 1 amide bonds. The summed E-state index contributed by atoms with van der Waals surface area (Å²) >= 11 is 10.8. The molecule has 0 aliphatic carbocycles. The highest BCUT2D eigenvalue weighted by atomic mass is 79.9. The van der Waals surface area contributed by atoms with Crippen molar-refractivity contribution in [1.82, 2.24) is 0 Å². The van der Waals surface area contributed by atoms with Gasteiger partial charge < -0.3 is 19.3 Å². The minimum atomic E-state index is -0.747. The normalized spacial score (nSPS) is 15.6. The van der Waals surface area contributed by atoms with Crippen molar-refractivity contribution in [3.63, 3.8) is 0 Å². The van der Waals surface area contributed by atoms with Crippen LogP contribution in [0.1, 0.15) is 31.4 Å². The third-order valence-electron chi connectivity index (χ3n) is 4.81. The molecule has 0 fully saturated rings. The summed E-state index contributed by atoms with van der Waals surface area (Å²) in [6.07, 6.45) is 1.82. The summed E-state index contributed by atoms with van der Waals surface area (Å²) in [7, 11) is 1.52. The van der Waals surface area contributed by atoms with E-state index < -0.39 is 11.9 Å². The van der Waals surface area contributed by atoms with Crippen molar-refractivity contribution in [2.75, 3.05) is 13.7 Å². The molecule has 1 N–H and O–H groups in total. The SMILES string of the molecule is CCOC(=O)C1=C(O)/C(=C/c2cc(OC)c(OCc3ccccc3Cl)cc2Br)SC1=NC(=O)CC. The Morgan fingerprint density at radius 2 is 1.94 bits per heavy atom. The Kier molecular flexibility index (Phi) is 9.42. The molecule has 1 heterocycles. The minimum Gasteiger partial charge on any atom is -0.506 e. The van der Waals surface area contributed by atoms with Crippen LogP contribution in [0.5, 0.6) is 11.5 Å². The highest BCUT2D eigenvalue weighted by Crippen LogP contribution is 2.42. The summed E-state index contributed by atoms with van der Waals surface area (Å²) in [4.78, 5) is 28.6. The molecule has 0 saturated heterocycles. The summed E-state index contributed by atoms with van der Waals surface area (Å²) in [6.45, 7) is 3.68. The molecule has 0 spiro atoms. The molecule has 0 aromatic heterocycles. The summed E-state index contributed by atoms with van der Waals surface area (Å²) in [5.41, 5.74) is 1.34. The van der Waals surface area contributed by atoms with Crippen molar-refractivity contribution in [2.24, 2.45) is 4.99 Å². The number of aliphatic hydroxyl groups excluding tert-OH is 1. The van der Waals surface area contributed by atoms with Gasteiger partial charge in [0.05, 0.1) is 18.6 Å². The van der Waals surface area contributed by atoms with Gasteiger partial charge in [0.1, 0.15) is 23.0 Å².